The molecule has 0 saturated carbocycles. The SMILES string of the molecule is N#CC(CCc1cccc(F)c1)(Cc1ncn[nH]1)c1ccccc1. The molecule has 120 valence electrons. The third-order valence-electron chi connectivity index (χ3n) is 4.20. The number of rotatable bonds is 6. The second-order valence-electron chi connectivity index (χ2n) is 5.80. The van der Waals surface area contributed by atoms with Gasteiger partial charge >= 0.3 is 0 Å². The second kappa shape index (κ2) is 7.05. The Morgan fingerprint density at radius 1 is 1.12 bits per heavy atom. The maximum Gasteiger partial charge on any atom is 0.137 e. The topological polar surface area (TPSA) is 65.4 Å². The highest BCUT2D eigenvalue weighted by molar-refractivity contribution is 5.34. The normalized spacial score (nSPS) is 13.2. The number of aryl methyl sites for hydroxylation is 1. The summed E-state index contributed by atoms with van der Waals surface area (Å²) in [5.41, 5.74) is 1.07. The maximum atomic E-state index is 13.4. The Morgan fingerprint density at radius 3 is 2.62 bits per heavy atom. The van der Waals surface area contributed by atoms with Crippen molar-refractivity contribution in [3.05, 3.63) is 83.7 Å². The van der Waals surface area contributed by atoms with Crippen molar-refractivity contribution in [3.8, 4) is 6.07 Å². The van der Waals surface area contributed by atoms with Crippen molar-refractivity contribution >= 4 is 0 Å². The summed E-state index contributed by atoms with van der Waals surface area (Å²) in [5.74, 6) is 0.407. The van der Waals surface area contributed by atoms with Crippen molar-refractivity contribution in [3.63, 3.8) is 0 Å². The van der Waals surface area contributed by atoms with Gasteiger partial charge in [0.1, 0.15) is 18.0 Å². The van der Waals surface area contributed by atoms with Gasteiger partial charge in [-0.25, -0.2) is 9.37 Å². The largest absolute Gasteiger partial charge is 0.263 e. The van der Waals surface area contributed by atoms with E-state index in [4.69, 9.17) is 0 Å². The Hall–Kier alpha value is -3.00. The Bertz CT molecular complexity index is 824. The summed E-state index contributed by atoms with van der Waals surface area (Å²) in [7, 11) is 0. The predicted molar refractivity (Wildman–Crippen MR) is 88.5 cm³/mol. The Morgan fingerprint density at radius 2 is 1.96 bits per heavy atom. The summed E-state index contributed by atoms with van der Waals surface area (Å²) < 4.78 is 13.4. The minimum absolute atomic E-state index is 0.259. The van der Waals surface area contributed by atoms with Crippen LogP contribution in [0.3, 0.4) is 0 Å². The third-order valence-corrected chi connectivity index (χ3v) is 4.20. The Labute approximate surface area is 140 Å². The van der Waals surface area contributed by atoms with E-state index >= 15 is 0 Å². The van der Waals surface area contributed by atoms with Gasteiger partial charge in [0, 0.05) is 6.42 Å². The lowest BCUT2D eigenvalue weighted by molar-refractivity contribution is 0.487. The minimum atomic E-state index is -0.743. The number of aromatic nitrogens is 3. The minimum Gasteiger partial charge on any atom is -0.263 e. The number of halogens is 1. The van der Waals surface area contributed by atoms with Crippen molar-refractivity contribution in [2.24, 2.45) is 0 Å². The van der Waals surface area contributed by atoms with E-state index in [1.807, 2.05) is 36.4 Å². The fourth-order valence-corrected chi connectivity index (χ4v) is 2.90. The molecule has 0 radical (unpaired) electrons. The van der Waals surface area contributed by atoms with Crippen molar-refractivity contribution in [2.45, 2.75) is 24.7 Å². The number of nitrogens with zero attached hydrogens (tertiary/aromatic N) is 3. The highest BCUT2D eigenvalue weighted by Crippen LogP contribution is 2.32. The summed E-state index contributed by atoms with van der Waals surface area (Å²) in [6.07, 6.45) is 3.05. The first-order valence-electron chi connectivity index (χ1n) is 7.77. The molecule has 0 fully saturated rings. The maximum absolute atomic E-state index is 13.4. The zero-order chi connectivity index (χ0) is 16.8. The molecule has 5 heteroatoms. The number of aromatic amines is 1. The zero-order valence-electron chi connectivity index (χ0n) is 13.1. The third kappa shape index (κ3) is 3.49. The molecule has 1 heterocycles. The van der Waals surface area contributed by atoms with E-state index in [1.54, 1.807) is 6.07 Å². The van der Waals surface area contributed by atoms with Gasteiger partial charge in [-0.15, -0.1) is 0 Å². The number of hydrogen-bond donors (Lipinski definition) is 1. The summed E-state index contributed by atoms with van der Waals surface area (Å²) in [6.45, 7) is 0. The van der Waals surface area contributed by atoms with Gasteiger partial charge in [0.05, 0.1) is 11.5 Å². The fraction of sp³-hybridized carbons (Fsp3) is 0.211. The van der Waals surface area contributed by atoms with E-state index in [-0.39, 0.29) is 5.82 Å². The molecule has 3 rings (SSSR count). The van der Waals surface area contributed by atoms with Gasteiger partial charge in [0.15, 0.2) is 0 Å². The van der Waals surface area contributed by atoms with Crippen LogP contribution in [0, 0.1) is 17.1 Å². The van der Waals surface area contributed by atoms with Crippen molar-refractivity contribution in [2.75, 3.05) is 0 Å². The monoisotopic (exact) mass is 320 g/mol. The fourth-order valence-electron chi connectivity index (χ4n) is 2.90. The molecule has 1 atom stereocenters. The number of nitriles is 1. The number of H-pyrrole nitrogens is 1. The molecule has 1 aromatic heterocycles. The zero-order valence-corrected chi connectivity index (χ0v) is 13.1. The van der Waals surface area contributed by atoms with E-state index in [0.717, 1.165) is 11.1 Å². The summed E-state index contributed by atoms with van der Waals surface area (Å²) in [5, 5.41) is 16.7. The molecule has 0 aliphatic rings. The summed E-state index contributed by atoms with van der Waals surface area (Å²) in [6, 6.07) is 18.6. The van der Waals surface area contributed by atoms with Crippen LogP contribution < -0.4 is 0 Å². The molecular formula is C19H17FN4. The first kappa shape index (κ1) is 15.9. The van der Waals surface area contributed by atoms with Crippen LogP contribution in [0.5, 0.6) is 0 Å². The lowest BCUT2D eigenvalue weighted by Crippen LogP contribution is -2.28. The molecule has 0 saturated heterocycles. The smallest absolute Gasteiger partial charge is 0.137 e. The molecule has 0 bridgehead atoms. The van der Waals surface area contributed by atoms with Gasteiger partial charge in [-0.3, -0.25) is 5.10 Å². The van der Waals surface area contributed by atoms with E-state index in [0.29, 0.717) is 25.1 Å². The van der Waals surface area contributed by atoms with Crippen LogP contribution in [0.4, 0.5) is 4.39 Å². The van der Waals surface area contributed by atoms with Crippen molar-refractivity contribution < 1.29 is 4.39 Å². The van der Waals surface area contributed by atoms with E-state index in [2.05, 4.69) is 21.3 Å². The quantitative estimate of drug-likeness (QED) is 0.755. The van der Waals surface area contributed by atoms with Crippen LogP contribution in [0.2, 0.25) is 0 Å². The first-order chi connectivity index (χ1) is 11.7. The van der Waals surface area contributed by atoms with Gasteiger partial charge in [0.25, 0.3) is 0 Å². The predicted octanol–water partition coefficient (Wildman–Crippen LogP) is 3.58. The van der Waals surface area contributed by atoms with Gasteiger partial charge < -0.3 is 0 Å². The van der Waals surface area contributed by atoms with E-state index in [9.17, 15) is 9.65 Å². The molecule has 24 heavy (non-hydrogen) atoms. The molecule has 2 aromatic carbocycles. The molecule has 4 nitrogen and oxygen atoms in total. The number of nitrogens with one attached hydrogen (secondary N) is 1. The molecular weight excluding hydrogens is 303 g/mol. The second-order valence-corrected chi connectivity index (χ2v) is 5.80. The molecule has 0 aliphatic heterocycles. The van der Waals surface area contributed by atoms with Crippen LogP contribution in [0.1, 0.15) is 23.4 Å². The lowest BCUT2D eigenvalue weighted by atomic mass is 9.74. The highest BCUT2D eigenvalue weighted by Gasteiger charge is 2.33. The average Bonchev–Trinajstić information content (AvgIpc) is 3.12. The average molecular weight is 320 g/mol. The van der Waals surface area contributed by atoms with Gasteiger partial charge in [-0.2, -0.15) is 10.4 Å². The van der Waals surface area contributed by atoms with Crippen LogP contribution in [0.25, 0.3) is 0 Å². The first-order valence-corrected chi connectivity index (χ1v) is 7.77. The summed E-state index contributed by atoms with van der Waals surface area (Å²) in [4.78, 5) is 4.17. The molecule has 1 N–H and O–H groups in total. The number of benzene rings is 2. The van der Waals surface area contributed by atoms with E-state index < -0.39 is 5.41 Å². The van der Waals surface area contributed by atoms with Gasteiger partial charge in [0.2, 0.25) is 0 Å². The van der Waals surface area contributed by atoms with Crippen LogP contribution in [0.15, 0.2) is 60.9 Å². The molecule has 0 aliphatic carbocycles. The summed E-state index contributed by atoms with van der Waals surface area (Å²) >= 11 is 0. The highest BCUT2D eigenvalue weighted by atomic mass is 19.1. The Balaban J connectivity index is 1.90. The number of hydrogen-bond acceptors (Lipinski definition) is 3. The van der Waals surface area contributed by atoms with Crippen LogP contribution in [-0.4, -0.2) is 15.2 Å². The molecule has 0 spiro atoms. The van der Waals surface area contributed by atoms with Gasteiger partial charge in [-0.05, 0) is 36.1 Å². The van der Waals surface area contributed by atoms with Crippen LogP contribution >= 0.6 is 0 Å². The van der Waals surface area contributed by atoms with E-state index in [1.165, 1.54) is 18.5 Å². The standard InChI is InChI=1S/C19H17FN4/c20-17-8-4-5-15(11-17)9-10-19(13-21,12-18-22-14-23-24-18)16-6-2-1-3-7-16/h1-8,11,14H,9-10,12H2,(H,22,23,24). The molecule has 0 amide bonds. The van der Waals surface area contributed by atoms with Crippen molar-refractivity contribution in [1.82, 2.24) is 15.2 Å². The Kier molecular flexibility index (Phi) is 4.66. The van der Waals surface area contributed by atoms with Gasteiger partial charge in [-0.1, -0.05) is 42.5 Å². The molecule has 3 aromatic rings. The van der Waals surface area contributed by atoms with Crippen molar-refractivity contribution in [1.29, 1.82) is 5.26 Å². The molecule has 1 unspecified atom stereocenters. The lowest BCUT2D eigenvalue weighted by Gasteiger charge is -2.26. The van der Waals surface area contributed by atoms with Crippen LogP contribution in [-0.2, 0) is 18.3 Å².